The standard InChI is InChI=1S/C26H23Br2NO3/c27-17-12-16(13-18(28)26(17)32-14-15-6-2-1-3-7-15)23-24-19(8-4-10-21(24)30)29-20-9-5-11-22(31)25(20)23/h1-3,6-7,12-13,23,29H,4-5,8-11,14H2. The number of hydrogen-bond acceptors (Lipinski definition) is 4. The number of allylic oxidation sites excluding steroid dienone is 4. The number of Topliss-reactive ketones (excluding diaryl/α,β-unsaturated/α-hetero) is 2. The van der Waals surface area contributed by atoms with Crippen LogP contribution >= 0.6 is 31.9 Å². The molecule has 0 fully saturated rings. The van der Waals surface area contributed by atoms with E-state index in [1.54, 1.807) is 0 Å². The van der Waals surface area contributed by atoms with Crippen molar-refractivity contribution in [2.24, 2.45) is 0 Å². The van der Waals surface area contributed by atoms with E-state index in [0.717, 1.165) is 68.3 Å². The van der Waals surface area contributed by atoms with Crippen LogP contribution in [-0.2, 0) is 16.2 Å². The molecule has 2 aromatic carbocycles. The Morgan fingerprint density at radius 1 is 0.844 bits per heavy atom. The molecule has 0 aromatic heterocycles. The summed E-state index contributed by atoms with van der Waals surface area (Å²) in [5.74, 6) is 0.674. The zero-order valence-electron chi connectivity index (χ0n) is 17.5. The topological polar surface area (TPSA) is 55.4 Å². The third-order valence-electron chi connectivity index (χ3n) is 6.37. The average Bonchev–Trinajstić information content (AvgIpc) is 2.78. The summed E-state index contributed by atoms with van der Waals surface area (Å²) in [4.78, 5) is 26.0. The van der Waals surface area contributed by atoms with Crippen LogP contribution in [0.2, 0.25) is 0 Å². The second kappa shape index (κ2) is 8.99. The molecule has 1 heterocycles. The summed E-state index contributed by atoms with van der Waals surface area (Å²) in [6, 6.07) is 14.0. The van der Waals surface area contributed by atoms with Crippen molar-refractivity contribution in [1.29, 1.82) is 0 Å². The molecule has 0 atom stereocenters. The van der Waals surface area contributed by atoms with E-state index in [-0.39, 0.29) is 17.5 Å². The Bertz CT molecular complexity index is 1100. The summed E-state index contributed by atoms with van der Waals surface area (Å²) in [6.07, 6.45) is 4.48. The molecule has 0 radical (unpaired) electrons. The highest BCUT2D eigenvalue weighted by Crippen LogP contribution is 2.47. The van der Waals surface area contributed by atoms with Crippen LogP contribution in [0.25, 0.3) is 0 Å². The summed E-state index contributed by atoms with van der Waals surface area (Å²) < 4.78 is 7.68. The molecule has 6 heteroatoms. The van der Waals surface area contributed by atoms with Gasteiger partial charge in [-0.1, -0.05) is 30.3 Å². The monoisotopic (exact) mass is 555 g/mol. The van der Waals surface area contributed by atoms with Crippen molar-refractivity contribution in [3.63, 3.8) is 0 Å². The molecule has 164 valence electrons. The van der Waals surface area contributed by atoms with Gasteiger partial charge in [0.05, 0.1) is 8.95 Å². The number of ether oxygens (including phenoxy) is 1. The molecule has 0 spiro atoms. The fourth-order valence-corrected chi connectivity index (χ4v) is 6.38. The normalized spacial score (nSPS) is 18.9. The van der Waals surface area contributed by atoms with E-state index in [0.29, 0.717) is 25.2 Å². The Balaban J connectivity index is 1.55. The molecule has 2 aromatic rings. The lowest BCUT2D eigenvalue weighted by Gasteiger charge is -2.37. The number of halogens is 2. The number of ketones is 2. The third-order valence-corrected chi connectivity index (χ3v) is 7.55. The van der Waals surface area contributed by atoms with Crippen molar-refractivity contribution < 1.29 is 14.3 Å². The van der Waals surface area contributed by atoms with Crippen molar-refractivity contribution >= 4 is 43.4 Å². The number of rotatable bonds is 4. The van der Waals surface area contributed by atoms with Crippen LogP contribution in [0, 0.1) is 0 Å². The number of benzene rings is 2. The Morgan fingerprint density at radius 2 is 1.41 bits per heavy atom. The van der Waals surface area contributed by atoms with E-state index in [4.69, 9.17) is 4.74 Å². The molecule has 0 saturated heterocycles. The molecule has 2 aliphatic carbocycles. The number of carbonyl (C=O) groups excluding carboxylic acids is 2. The van der Waals surface area contributed by atoms with Crippen molar-refractivity contribution in [3.05, 3.63) is 85.1 Å². The van der Waals surface area contributed by atoms with Crippen molar-refractivity contribution in [2.75, 3.05) is 0 Å². The van der Waals surface area contributed by atoms with Gasteiger partial charge in [0, 0.05) is 41.3 Å². The predicted molar refractivity (Wildman–Crippen MR) is 130 cm³/mol. The third kappa shape index (κ3) is 3.99. The summed E-state index contributed by atoms with van der Waals surface area (Å²) >= 11 is 7.34. The molecular weight excluding hydrogens is 534 g/mol. The second-order valence-electron chi connectivity index (χ2n) is 8.48. The predicted octanol–water partition coefficient (Wildman–Crippen LogP) is 6.49. The van der Waals surface area contributed by atoms with Crippen LogP contribution in [0.15, 0.2) is 74.0 Å². The molecule has 3 aliphatic rings. The molecule has 5 rings (SSSR count). The van der Waals surface area contributed by atoms with Gasteiger partial charge >= 0.3 is 0 Å². The van der Waals surface area contributed by atoms with Crippen LogP contribution in [0.1, 0.15) is 55.6 Å². The SMILES string of the molecule is O=C1CCCC2=C1C(c1cc(Br)c(OCc3ccccc3)c(Br)c1)C1=C(CCCC1=O)N2. The first-order valence-corrected chi connectivity index (χ1v) is 12.6. The summed E-state index contributed by atoms with van der Waals surface area (Å²) in [7, 11) is 0. The molecule has 0 amide bonds. The van der Waals surface area contributed by atoms with Crippen molar-refractivity contribution in [1.82, 2.24) is 5.32 Å². The maximum atomic E-state index is 13.0. The highest BCUT2D eigenvalue weighted by molar-refractivity contribution is 9.11. The smallest absolute Gasteiger partial charge is 0.161 e. The van der Waals surface area contributed by atoms with Crippen LogP contribution in [-0.4, -0.2) is 11.6 Å². The van der Waals surface area contributed by atoms with Gasteiger partial charge in [0.15, 0.2) is 11.6 Å². The lowest BCUT2D eigenvalue weighted by Crippen LogP contribution is -2.36. The maximum absolute atomic E-state index is 13.0. The fraction of sp³-hybridized carbons (Fsp3) is 0.308. The van der Waals surface area contributed by atoms with Gasteiger partial charge in [-0.15, -0.1) is 0 Å². The number of carbonyl (C=O) groups is 2. The molecule has 1 aliphatic heterocycles. The highest BCUT2D eigenvalue weighted by atomic mass is 79.9. The van der Waals surface area contributed by atoms with Gasteiger partial charge in [0.25, 0.3) is 0 Å². The summed E-state index contributed by atoms with van der Waals surface area (Å²) in [6.45, 7) is 0.451. The first-order chi connectivity index (χ1) is 15.5. The minimum Gasteiger partial charge on any atom is -0.487 e. The van der Waals surface area contributed by atoms with Crippen molar-refractivity contribution in [3.8, 4) is 5.75 Å². The fourth-order valence-electron chi connectivity index (χ4n) is 4.93. The summed E-state index contributed by atoms with van der Waals surface area (Å²) in [5.41, 5.74) is 5.54. The van der Waals surface area contributed by atoms with Crippen LogP contribution in [0.5, 0.6) is 5.75 Å². The molecule has 0 saturated carbocycles. The van der Waals surface area contributed by atoms with Crippen molar-refractivity contribution in [2.45, 2.75) is 51.0 Å². The minimum absolute atomic E-state index is 0.144. The first-order valence-electron chi connectivity index (χ1n) is 11.0. The molecule has 1 N–H and O–H groups in total. The first kappa shape index (κ1) is 21.7. The van der Waals surface area contributed by atoms with Gasteiger partial charge in [-0.05, 0) is 80.8 Å². The Morgan fingerprint density at radius 3 is 1.97 bits per heavy atom. The lowest BCUT2D eigenvalue weighted by molar-refractivity contribution is -0.116. The van der Waals surface area contributed by atoms with E-state index in [2.05, 4.69) is 37.2 Å². The summed E-state index contributed by atoms with van der Waals surface area (Å²) in [5, 5.41) is 3.47. The van der Waals surface area contributed by atoms with Gasteiger partial charge < -0.3 is 10.1 Å². The Labute approximate surface area is 204 Å². The highest BCUT2D eigenvalue weighted by Gasteiger charge is 2.40. The molecular formula is C26H23Br2NO3. The van der Waals surface area contributed by atoms with Gasteiger partial charge in [-0.3, -0.25) is 9.59 Å². The van der Waals surface area contributed by atoms with Crippen LogP contribution < -0.4 is 10.1 Å². The number of dihydropyridines is 1. The quantitative estimate of drug-likeness (QED) is 0.467. The largest absolute Gasteiger partial charge is 0.487 e. The lowest BCUT2D eigenvalue weighted by atomic mass is 9.71. The van der Waals surface area contributed by atoms with Crippen LogP contribution in [0.4, 0.5) is 0 Å². The Hall–Kier alpha value is -2.18. The van der Waals surface area contributed by atoms with Crippen LogP contribution in [0.3, 0.4) is 0 Å². The molecule has 0 unspecified atom stereocenters. The van der Waals surface area contributed by atoms with Gasteiger partial charge in [0.2, 0.25) is 0 Å². The molecule has 32 heavy (non-hydrogen) atoms. The molecule has 0 bridgehead atoms. The van der Waals surface area contributed by atoms with E-state index < -0.39 is 0 Å². The molecule has 4 nitrogen and oxygen atoms in total. The van der Waals surface area contributed by atoms with E-state index in [1.807, 2.05) is 42.5 Å². The minimum atomic E-state index is -0.322. The van der Waals surface area contributed by atoms with E-state index in [9.17, 15) is 9.59 Å². The zero-order valence-corrected chi connectivity index (χ0v) is 20.7. The van der Waals surface area contributed by atoms with Gasteiger partial charge in [0.1, 0.15) is 12.4 Å². The van der Waals surface area contributed by atoms with E-state index in [1.165, 1.54) is 0 Å². The number of nitrogens with one attached hydrogen (secondary N) is 1. The second-order valence-corrected chi connectivity index (χ2v) is 10.2. The Kier molecular flexibility index (Phi) is 6.08. The number of hydrogen-bond donors (Lipinski definition) is 1. The average molecular weight is 557 g/mol. The maximum Gasteiger partial charge on any atom is 0.161 e. The zero-order chi connectivity index (χ0) is 22.2. The van der Waals surface area contributed by atoms with Gasteiger partial charge in [-0.25, -0.2) is 0 Å². The van der Waals surface area contributed by atoms with E-state index >= 15 is 0 Å². The van der Waals surface area contributed by atoms with Gasteiger partial charge in [-0.2, -0.15) is 0 Å².